The average molecular weight is 431 g/mol. The van der Waals surface area contributed by atoms with E-state index < -0.39 is 0 Å². The van der Waals surface area contributed by atoms with E-state index in [0.717, 1.165) is 69.4 Å². The van der Waals surface area contributed by atoms with Gasteiger partial charge >= 0.3 is 0 Å². The molecule has 4 rings (SSSR count). The first-order valence-corrected chi connectivity index (χ1v) is 12.1. The molecule has 0 bridgehead atoms. The van der Waals surface area contributed by atoms with Crippen LogP contribution in [0.25, 0.3) is 10.2 Å². The number of hydrogen-bond donors (Lipinski definition) is 0. The maximum Gasteiger partial charge on any atom is 0.236 e. The summed E-state index contributed by atoms with van der Waals surface area (Å²) in [5.41, 5.74) is 0. The molecular weight excluding hydrogens is 396 g/mol. The molecular formula is C22H34N6OS. The summed E-state index contributed by atoms with van der Waals surface area (Å²) in [6.45, 7) is 10.1. The lowest BCUT2D eigenvalue weighted by atomic mass is 10.2. The minimum atomic E-state index is 0.274. The maximum absolute atomic E-state index is 12.6. The number of hydrogen-bond acceptors (Lipinski definition) is 7. The molecule has 2 fully saturated rings. The van der Waals surface area contributed by atoms with Gasteiger partial charge in [0.1, 0.15) is 17.0 Å². The highest BCUT2D eigenvalue weighted by atomic mass is 32.1. The van der Waals surface area contributed by atoms with Crippen LogP contribution in [0, 0.1) is 0 Å². The zero-order chi connectivity index (χ0) is 20.9. The number of carbonyl (C=O) groups excluding carboxylic acids is 1. The molecule has 2 aromatic heterocycles. The molecule has 164 valence electrons. The number of aromatic nitrogens is 2. The number of fused-ring (bicyclic) bond motifs is 1. The van der Waals surface area contributed by atoms with Crippen LogP contribution >= 0.6 is 11.3 Å². The number of carbonyl (C=O) groups is 1. The van der Waals surface area contributed by atoms with E-state index in [1.807, 2.05) is 16.2 Å². The molecule has 0 saturated carbocycles. The Bertz CT molecular complexity index is 839. The predicted molar refractivity (Wildman–Crippen MR) is 123 cm³/mol. The minimum absolute atomic E-state index is 0.274. The molecule has 0 spiro atoms. The van der Waals surface area contributed by atoms with Crippen LogP contribution in [0.15, 0.2) is 12.4 Å². The van der Waals surface area contributed by atoms with E-state index in [0.29, 0.717) is 6.54 Å². The second-order valence-corrected chi connectivity index (χ2v) is 9.65. The van der Waals surface area contributed by atoms with Crippen molar-refractivity contribution >= 4 is 33.3 Å². The molecule has 0 aromatic carbocycles. The topological polar surface area (TPSA) is 55.8 Å². The zero-order valence-corrected chi connectivity index (χ0v) is 19.2. The van der Waals surface area contributed by atoms with Crippen molar-refractivity contribution in [3.63, 3.8) is 0 Å². The number of thiophene rings is 1. The van der Waals surface area contributed by atoms with E-state index in [1.54, 1.807) is 6.33 Å². The highest BCUT2D eigenvalue weighted by molar-refractivity contribution is 7.18. The number of piperazine rings is 2. The third-order valence-electron chi connectivity index (χ3n) is 6.27. The summed E-state index contributed by atoms with van der Waals surface area (Å²) < 4.78 is 0. The van der Waals surface area contributed by atoms with Crippen molar-refractivity contribution in [2.75, 3.05) is 70.9 Å². The van der Waals surface area contributed by atoms with Crippen LogP contribution in [0.3, 0.4) is 0 Å². The van der Waals surface area contributed by atoms with Gasteiger partial charge in [-0.25, -0.2) is 9.97 Å². The second kappa shape index (κ2) is 10.0. The van der Waals surface area contributed by atoms with E-state index in [4.69, 9.17) is 0 Å². The van der Waals surface area contributed by atoms with E-state index >= 15 is 0 Å². The zero-order valence-electron chi connectivity index (χ0n) is 18.3. The Balaban J connectivity index is 1.33. The fourth-order valence-corrected chi connectivity index (χ4v) is 5.31. The molecule has 2 aliphatic heterocycles. The van der Waals surface area contributed by atoms with Gasteiger partial charge in [0.15, 0.2) is 0 Å². The molecule has 0 radical (unpaired) electrons. The van der Waals surface area contributed by atoms with Crippen LogP contribution in [-0.4, -0.2) is 96.5 Å². The first-order valence-electron chi connectivity index (χ1n) is 11.3. The number of anilines is 1. The minimum Gasteiger partial charge on any atom is -0.353 e. The normalized spacial score (nSPS) is 19.0. The van der Waals surface area contributed by atoms with Gasteiger partial charge in [-0.3, -0.25) is 9.69 Å². The van der Waals surface area contributed by atoms with E-state index in [9.17, 15) is 4.79 Å². The predicted octanol–water partition coefficient (Wildman–Crippen LogP) is 2.32. The van der Waals surface area contributed by atoms with Gasteiger partial charge in [-0.15, -0.1) is 11.3 Å². The van der Waals surface area contributed by atoms with Gasteiger partial charge in [-0.2, -0.15) is 0 Å². The molecule has 8 heteroatoms. The molecule has 30 heavy (non-hydrogen) atoms. The Morgan fingerprint density at radius 1 is 1.03 bits per heavy atom. The quantitative estimate of drug-likeness (QED) is 0.629. The Hall–Kier alpha value is -1.77. The standard InChI is InChI=1S/C22H34N6OS/c1-3-4-5-6-18-15-19-21(23-17-24-22(19)30-18)28-13-9-26(10-14-28)16-20(29)27-11-7-25(2)8-12-27/h15,17H,3-14,16H2,1-2H3. The van der Waals surface area contributed by atoms with Crippen molar-refractivity contribution in [1.29, 1.82) is 0 Å². The lowest BCUT2D eigenvalue weighted by molar-refractivity contribution is -0.134. The fourth-order valence-electron chi connectivity index (χ4n) is 4.28. The van der Waals surface area contributed by atoms with Crippen LogP contribution < -0.4 is 4.90 Å². The van der Waals surface area contributed by atoms with Gasteiger partial charge < -0.3 is 14.7 Å². The number of amides is 1. The third kappa shape index (κ3) is 5.10. The smallest absolute Gasteiger partial charge is 0.236 e. The summed E-state index contributed by atoms with van der Waals surface area (Å²) in [7, 11) is 2.12. The first kappa shape index (κ1) is 21.5. The Labute approximate surface area is 183 Å². The highest BCUT2D eigenvalue weighted by Gasteiger charge is 2.25. The molecule has 2 saturated heterocycles. The van der Waals surface area contributed by atoms with Gasteiger partial charge in [-0.1, -0.05) is 19.8 Å². The summed E-state index contributed by atoms with van der Waals surface area (Å²) in [4.78, 5) is 33.3. The van der Waals surface area contributed by atoms with Crippen molar-refractivity contribution < 1.29 is 4.79 Å². The van der Waals surface area contributed by atoms with Crippen molar-refractivity contribution in [2.45, 2.75) is 32.6 Å². The number of nitrogens with zero attached hydrogens (tertiary/aromatic N) is 6. The summed E-state index contributed by atoms with van der Waals surface area (Å²) >= 11 is 1.81. The van der Waals surface area contributed by atoms with Crippen LogP contribution in [0.1, 0.15) is 31.1 Å². The van der Waals surface area contributed by atoms with Gasteiger partial charge in [0.2, 0.25) is 5.91 Å². The van der Waals surface area contributed by atoms with Crippen LogP contribution in [0.4, 0.5) is 5.82 Å². The molecule has 2 aliphatic rings. The van der Waals surface area contributed by atoms with E-state index in [1.165, 1.54) is 29.5 Å². The van der Waals surface area contributed by atoms with Gasteiger partial charge in [0, 0.05) is 57.2 Å². The Morgan fingerprint density at radius 2 is 1.80 bits per heavy atom. The molecule has 7 nitrogen and oxygen atoms in total. The molecule has 0 unspecified atom stereocenters. The summed E-state index contributed by atoms with van der Waals surface area (Å²) in [5.74, 6) is 1.33. The van der Waals surface area contributed by atoms with Crippen molar-refractivity contribution in [3.8, 4) is 0 Å². The van der Waals surface area contributed by atoms with Gasteiger partial charge in [-0.05, 0) is 26.0 Å². The van der Waals surface area contributed by atoms with E-state index in [-0.39, 0.29) is 5.91 Å². The molecule has 0 N–H and O–H groups in total. The molecule has 0 aliphatic carbocycles. The molecule has 4 heterocycles. The van der Waals surface area contributed by atoms with Crippen LogP contribution in [0.2, 0.25) is 0 Å². The first-order chi connectivity index (χ1) is 14.6. The van der Waals surface area contributed by atoms with Gasteiger partial charge in [0.25, 0.3) is 0 Å². The van der Waals surface area contributed by atoms with E-state index in [2.05, 4.69) is 44.7 Å². The Morgan fingerprint density at radius 3 is 2.53 bits per heavy atom. The van der Waals surface area contributed by atoms with Crippen molar-refractivity contribution in [3.05, 3.63) is 17.3 Å². The number of unbranched alkanes of at least 4 members (excludes halogenated alkanes) is 2. The largest absolute Gasteiger partial charge is 0.353 e. The summed E-state index contributed by atoms with van der Waals surface area (Å²) in [5, 5.41) is 1.19. The third-order valence-corrected chi connectivity index (χ3v) is 7.38. The molecule has 0 atom stereocenters. The number of aryl methyl sites for hydroxylation is 1. The lowest BCUT2D eigenvalue weighted by Crippen LogP contribution is -2.53. The SMILES string of the molecule is CCCCCc1cc2c(N3CCN(CC(=O)N4CCN(C)CC4)CC3)ncnc2s1. The monoisotopic (exact) mass is 430 g/mol. The number of likely N-dealkylation sites (N-methyl/N-ethyl adjacent to an activating group) is 1. The van der Waals surface area contributed by atoms with Crippen LogP contribution in [-0.2, 0) is 11.2 Å². The number of rotatable bonds is 7. The highest BCUT2D eigenvalue weighted by Crippen LogP contribution is 2.31. The van der Waals surface area contributed by atoms with Gasteiger partial charge in [0.05, 0.1) is 11.9 Å². The van der Waals surface area contributed by atoms with Crippen molar-refractivity contribution in [2.24, 2.45) is 0 Å². The summed E-state index contributed by atoms with van der Waals surface area (Å²) in [6, 6.07) is 2.30. The average Bonchev–Trinajstić information content (AvgIpc) is 3.18. The molecule has 1 amide bonds. The Kier molecular flexibility index (Phi) is 7.17. The maximum atomic E-state index is 12.6. The fraction of sp³-hybridized carbons (Fsp3) is 0.682. The molecule has 2 aromatic rings. The van der Waals surface area contributed by atoms with Crippen molar-refractivity contribution in [1.82, 2.24) is 24.7 Å². The second-order valence-electron chi connectivity index (χ2n) is 8.53. The van der Waals surface area contributed by atoms with Crippen LogP contribution in [0.5, 0.6) is 0 Å². The summed E-state index contributed by atoms with van der Waals surface area (Å²) in [6.07, 6.45) is 6.61. The lowest BCUT2D eigenvalue weighted by Gasteiger charge is -2.37.